The summed E-state index contributed by atoms with van der Waals surface area (Å²) in [7, 11) is 0. The largest absolute Gasteiger partial charge is 0.478 e. The second-order valence-electron chi connectivity index (χ2n) is 7.47. The summed E-state index contributed by atoms with van der Waals surface area (Å²) in [5.74, 6) is -0.135. The van der Waals surface area contributed by atoms with Crippen LogP contribution < -0.4 is 5.32 Å². The van der Waals surface area contributed by atoms with E-state index in [1.165, 1.54) is 5.56 Å². The molecule has 3 rings (SSSR count). The maximum absolute atomic E-state index is 11.3. The Morgan fingerprint density at radius 2 is 1.83 bits per heavy atom. The van der Waals surface area contributed by atoms with Crippen molar-refractivity contribution in [2.45, 2.75) is 26.8 Å². The Morgan fingerprint density at radius 3 is 2.48 bits per heavy atom. The van der Waals surface area contributed by atoms with Crippen LogP contribution in [-0.4, -0.2) is 59.6 Å². The van der Waals surface area contributed by atoms with E-state index in [1.807, 2.05) is 6.07 Å². The van der Waals surface area contributed by atoms with Crippen molar-refractivity contribution in [3.8, 4) is 0 Å². The number of hydrogen-bond donors (Lipinski definition) is 2. The number of nitrogens with one attached hydrogen (secondary N) is 1. The van der Waals surface area contributed by atoms with E-state index >= 15 is 0 Å². The summed E-state index contributed by atoms with van der Waals surface area (Å²) in [6.07, 6.45) is 1.16. The number of carboxylic acids is 1. The van der Waals surface area contributed by atoms with Gasteiger partial charge in [0.25, 0.3) is 0 Å². The average Bonchev–Trinajstić information content (AvgIpc) is 2.73. The Kier molecular flexibility index (Phi) is 7.25. The molecular formula is C23H30N4O2. The first-order chi connectivity index (χ1) is 14.0. The van der Waals surface area contributed by atoms with Crippen LogP contribution in [0.25, 0.3) is 0 Å². The lowest BCUT2D eigenvalue weighted by atomic mass is 10.1. The Labute approximate surface area is 172 Å². The fourth-order valence-electron chi connectivity index (χ4n) is 3.44. The molecule has 0 saturated carbocycles. The summed E-state index contributed by atoms with van der Waals surface area (Å²) in [5.41, 5.74) is 3.39. The van der Waals surface area contributed by atoms with Crippen molar-refractivity contribution >= 4 is 17.6 Å². The predicted octanol–water partition coefficient (Wildman–Crippen LogP) is 3.69. The highest BCUT2D eigenvalue weighted by Crippen LogP contribution is 2.14. The fourth-order valence-corrected chi connectivity index (χ4v) is 3.44. The van der Waals surface area contributed by atoms with Crippen LogP contribution >= 0.6 is 0 Å². The lowest BCUT2D eigenvalue weighted by Crippen LogP contribution is -2.50. The van der Waals surface area contributed by atoms with Gasteiger partial charge in [-0.25, -0.2) is 9.79 Å². The van der Waals surface area contributed by atoms with Crippen molar-refractivity contribution in [3.63, 3.8) is 0 Å². The minimum absolute atomic E-state index is 0.264. The van der Waals surface area contributed by atoms with Crippen LogP contribution in [0.15, 0.2) is 53.5 Å². The van der Waals surface area contributed by atoms with E-state index in [9.17, 15) is 9.90 Å². The molecule has 2 N–H and O–H groups in total. The van der Waals surface area contributed by atoms with Crippen LogP contribution in [0.2, 0.25) is 0 Å². The molecule has 0 unspecified atom stereocenters. The van der Waals surface area contributed by atoms with Gasteiger partial charge < -0.3 is 15.3 Å². The Morgan fingerprint density at radius 1 is 1.10 bits per heavy atom. The van der Waals surface area contributed by atoms with Gasteiger partial charge in [-0.15, -0.1) is 0 Å². The van der Waals surface area contributed by atoms with Crippen molar-refractivity contribution in [3.05, 3.63) is 65.2 Å². The second-order valence-corrected chi connectivity index (χ2v) is 7.47. The molecule has 154 valence electrons. The highest BCUT2D eigenvalue weighted by atomic mass is 16.4. The van der Waals surface area contributed by atoms with E-state index in [0.29, 0.717) is 6.54 Å². The Bertz CT molecular complexity index is 840. The molecule has 2 aromatic rings. The van der Waals surface area contributed by atoms with Crippen molar-refractivity contribution in [2.24, 2.45) is 4.99 Å². The molecule has 1 saturated heterocycles. The molecule has 0 spiro atoms. The zero-order valence-electron chi connectivity index (χ0n) is 17.3. The third kappa shape index (κ3) is 6.06. The zero-order chi connectivity index (χ0) is 20.6. The number of rotatable bonds is 6. The van der Waals surface area contributed by atoms with Crippen LogP contribution in [0.5, 0.6) is 0 Å². The van der Waals surface area contributed by atoms with Crippen LogP contribution in [0.1, 0.15) is 34.8 Å². The molecule has 0 amide bonds. The first-order valence-electron chi connectivity index (χ1n) is 10.2. The maximum atomic E-state index is 11.3. The first-order valence-corrected chi connectivity index (χ1v) is 10.2. The molecule has 1 aliphatic rings. The number of hydrogen-bond acceptors (Lipinski definition) is 3. The predicted molar refractivity (Wildman–Crippen MR) is 118 cm³/mol. The summed E-state index contributed by atoms with van der Waals surface area (Å²) in [6.45, 7) is 9.80. The molecular weight excluding hydrogens is 364 g/mol. The van der Waals surface area contributed by atoms with Gasteiger partial charge in [0, 0.05) is 31.9 Å². The molecule has 1 fully saturated rings. The summed E-state index contributed by atoms with van der Waals surface area (Å²) in [5, 5.41) is 12.6. The molecule has 0 aromatic heterocycles. The summed E-state index contributed by atoms with van der Waals surface area (Å²) in [4.78, 5) is 20.9. The molecule has 1 heterocycles. The monoisotopic (exact) mass is 394 g/mol. The lowest BCUT2D eigenvalue weighted by Gasteiger charge is -2.36. The van der Waals surface area contributed by atoms with Gasteiger partial charge in [-0.05, 0) is 43.7 Å². The molecule has 6 heteroatoms. The number of carbonyl (C=O) groups is 1. The number of anilines is 1. The molecule has 0 radical (unpaired) electrons. The van der Waals surface area contributed by atoms with Crippen LogP contribution in [0.4, 0.5) is 5.69 Å². The molecule has 0 bridgehead atoms. The normalized spacial score (nSPS) is 15.4. The van der Waals surface area contributed by atoms with Crippen molar-refractivity contribution in [1.82, 2.24) is 9.80 Å². The first kappa shape index (κ1) is 20.9. The lowest BCUT2D eigenvalue weighted by molar-refractivity contribution is 0.0697. The number of carboxylic acid groups (broad SMARTS) is 1. The van der Waals surface area contributed by atoms with Gasteiger partial charge in [0.15, 0.2) is 5.96 Å². The third-order valence-corrected chi connectivity index (χ3v) is 5.11. The number of guanidine groups is 1. The van der Waals surface area contributed by atoms with Crippen LogP contribution in [-0.2, 0) is 6.54 Å². The van der Waals surface area contributed by atoms with Gasteiger partial charge in [-0.2, -0.15) is 0 Å². The van der Waals surface area contributed by atoms with E-state index in [4.69, 9.17) is 4.99 Å². The van der Waals surface area contributed by atoms with Gasteiger partial charge >= 0.3 is 5.97 Å². The van der Waals surface area contributed by atoms with Gasteiger partial charge in [0.1, 0.15) is 0 Å². The average molecular weight is 395 g/mol. The molecule has 0 atom stereocenters. The van der Waals surface area contributed by atoms with Crippen LogP contribution in [0.3, 0.4) is 0 Å². The summed E-state index contributed by atoms with van der Waals surface area (Å²) < 4.78 is 0. The van der Waals surface area contributed by atoms with E-state index in [-0.39, 0.29) is 5.56 Å². The molecule has 6 nitrogen and oxygen atoms in total. The zero-order valence-corrected chi connectivity index (χ0v) is 17.3. The number of aliphatic imine (C=N–C) groups is 1. The minimum atomic E-state index is -0.931. The summed E-state index contributed by atoms with van der Waals surface area (Å²) in [6, 6.07) is 15.3. The van der Waals surface area contributed by atoms with E-state index in [1.54, 1.807) is 18.2 Å². The third-order valence-electron chi connectivity index (χ3n) is 5.11. The van der Waals surface area contributed by atoms with Gasteiger partial charge in [-0.3, -0.25) is 4.90 Å². The number of piperazine rings is 1. The molecule has 29 heavy (non-hydrogen) atoms. The summed E-state index contributed by atoms with van der Waals surface area (Å²) >= 11 is 0. The van der Waals surface area contributed by atoms with Crippen molar-refractivity contribution in [2.75, 3.05) is 38.0 Å². The number of nitrogens with zero attached hydrogens (tertiary/aromatic N) is 3. The standard InChI is InChI=1S/C23H30N4O2/c1-3-11-26-12-14-27(15-13-26)23(24-17-19-9-7-18(2)8-10-19)25-21-6-4-5-20(16-21)22(28)29/h4-10,16H,3,11-15,17H2,1-2H3,(H,24,25)(H,28,29). The maximum Gasteiger partial charge on any atom is 0.335 e. The second kappa shape index (κ2) is 10.1. The highest BCUT2D eigenvalue weighted by Gasteiger charge is 2.19. The van der Waals surface area contributed by atoms with Gasteiger partial charge in [-0.1, -0.05) is 42.8 Å². The van der Waals surface area contributed by atoms with E-state index < -0.39 is 5.97 Å². The highest BCUT2D eigenvalue weighted by molar-refractivity contribution is 5.95. The van der Waals surface area contributed by atoms with Gasteiger partial charge in [0.05, 0.1) is 12.1 Å². The van der Waals surface area contributed by atoms with Crippen LogP contribution in [0, 0.1) is 6.92 Å². The topological polar surface area (TPSA) is 68.2 Å². The Balaban J connectivity index is 1.77. The fraction of sp³-hybridized carbons (Fsp3) is 0.391. The smallest absolute Gasteiger partial charge is 0.335 e. The molecule has 1 aliphatic heterocycles. The molecule has 2 aromatic carbocycles. The van der Waals surface area contributed by atoms with E-state index in [2.05, 4.69) is 53.2 Å². The number of aromatic carboxylic acids is 1. The van der Waals surface area contributed by atoms with Crippen molar-refractivity contribution < 1.29 is 9.90 Å². The quantitative estimate of drug-likeness (QED) is 0.578. The van der Waals surface area contributed by atoms with Gasteiger partial charge in [0.2, 0.25) is 0 Å². The van der Waals surface area contributed by atoms with E-state index in [0.717, 1.165) is 56.4 Å². The minimum Gasteiger partial charge on any atom is -0.478 e. The Hall–Kier alpha value is -2.86. The SMILES string of the molecule is CCCN1CCN(C(=NCc2ccc(C)cc2)Nc2cccc(C(=O)O)c2)CC1. The molecule has 0 aliphatic carbocycles. The van der Waals surface area contributed by atoms with Crippen molar-refractivity contribution in [1.29, 1.82) is 0 Å². The number of aryl methyl sites for hydroxylation is 1. The number of benzene rings is 2.